The van der Waals surface area contributed by atoms with Crippen LogP contribution in [0.25, 0.3) is 10.8 Å². The monoisotopic (exact) mass is 265 g/mol. The molecule has 0 saturated heterocycles. The van der Waals surface area contributed by atoms with E-state index in [1.165, 1.54) is 0 Å². The van der Waals surface area contributed by atoms with Crippen molar-refractivity contribution < 1.29 is 13.2 Å². The van der Waals surface area contributed by atoms with Crippen LogP contribution in [0.4, 0.5) is 13.2 Å². The predicted molar refractivity (Wildman–Crippen MR) is 68.8 cm³/mol. The van der Waals surface area contributed by atoms with Crippen LogP contribution in [-0.2, 0) is 6.54 Å². The van der Waals surface area contributed by atoms with Crippen LogP contribution in [0.15, 0.2) is 42.5 Å². The largest absolute Gasteiger partial charge is 0.406 e. The lowest BCUT2D eigenvalue weighted by Gasteiger charge is -2.21. The van der Waals surface area contributed by atoms with Crippen LogP contribution in [0, 0.1) is 0 Å². The van der Waals surface area contributed by atoms with Crippen molar-refractivity contribution in [3.05, 3.63) is 48.0 Å². The summed E-state index contributed by atoms with van der Waals surface area (Å²) in [5.41, 5.74) is -0.738. The zero-order valence-corrected chi connectivity index (χ0v) is 10.3. The van der Waals surface area contributed by atoms with Gasteiger partial charge >= 0.3 is 6.18 Å². The molecular formula is C15H14F3N. The standard InChI is InChI=1S/C15H14F3N/c16-15(17,18)14(8-9-14)19-10-12-6-3-5-11-4-1-2-7-13(11)12/h1-7,19H,8-10H2. The maximum Gasteiger partial charge on any atom is 0.406 e. The molecule has 4 heteroatoms. The van der Waals surface area contributed by atoms with Gasteiger partial charge in [0.2, 0.25) is 0 Å². The summed E-state index contributed by atoms with van der Waals surface area (Å²) in [7, 11) is 0. The Labute approximate surface area is 109 Å². The molecule has 1 saturated carbocycles. The van der Waals surface area contributed by atoms with Crippen molar-refractivity contribution in [1.29, 1.82) is 0 Å². The molecule has 0 radical (unpaired) electrons. The van der Waals surface area contributed by atoms with E-state index < -0.39 is 11.7 Å². The minimum absolute atomic E-state index is 0.182. The molecule has 0 unspecified atom stereocenters. The highest BCUT2D eigenvalue weighted by molar-refractivity contribution is 5.85. The Hall–Kier alpha value is -1.55. The fourth-order valence-electron chi connectivity index (χ4n) is 2.40. The van der Waals surface area contributed by atoms with Crippen molar-refractivity contribution in [2.24, 2.45) is 0 Å². The normalized spacial score (nSPS) is 17.6. The lowest BCUT2D eigenvalue weighted by atomic mass is 10.0. The molecule has 100 valence electrons. The molecule has 0 aliphatic heterocycles. The summed E-state index contributed by atoms with van der Waals surface area (Å²) in [6, 6.07) is 13.5. The summed E-state index contributed by atoms with van der Waals surface area (Å²) < 4.78 is 38.6. The van der Waals surface area contributed by atoms with Gasteiger partial charge in [-0.3, -0.25) is 5.32 Å². The third kappa shape index (κ3) is 2.21. The number of halogens is 3. The van der Waals surface area contributed by atoms with Gasteiger partial charge in [0.15, 0.2) is 0 Å². The highest BCUT2D eigenvalue weighted by Crippen LogP contribution is 2.49. The minimum Gasteiger partial charge on any atom is -0.299 e. The van der Waals surface area contributed by atoms with Crippen LogP contribution in [0.1, 0.15) is 18.4 Å². The predicted octanol–water partition coefficient (Wildman–Crippen LogP) is 4.02. The summed E-state index contributed by atoms with van der Waals surface area (Å²) in [6.45, 7) is 0.251. The quantitative estimate of drug-likeness (QED) is 0.883. The molecule has 1 aliphatic carbocycles. The number of nitrogens with one attached hydrogen (secondary N) is 1. The van der Waals surface area contributed by atoms with Crippen molar-refractivity contribution in [3.8, 4) is 0 Å². The van der Waals surface area contributed by atoms with E-state index in [-0.39, 0.29) is 19.4 Å². The molecule has 1 nitrogen and oxygen atoms in total. The topological polar surface area (TPSA) is 12.0 Å². The number of benzene rings is 2. The van der Waals surface area contributed by atoms with Crippen molar-refractivity contribution in [3.63, 3.8) is 0 Å². The first-order valence-corrected chi connectivity index (χ1v) is 6.30. The number of hydrogen-bond acceptors (Lipinski definition) is 1. The third-order valence-electron chi connectivity index (χ3n) is 3.79. The molecule has 2 aromatic carbocycles. The third-order valence-corrected chi connectivity index (χ3v) is 3.79. The van der Waals surface area contributed by atoms with Gasteiger partial charge in [-0.25, -0.2) is 0 Å². The van der Waals surface area contributed by atoms with Crippen LogP contribution >= 0.6 is 0 Å². The van der Waals surface area contributed by atoms with E-state index in [4.69, 9.17) is 0 Å². The average Bonchev–Trinajstić information content (AvgIpc) is 3.17. The smallest absolute Gasteiger partial charge is 0.299 e. The van der Waals surface area contributed by atoms with Gasteiger partial charge in [0.25, 0.3) is 0 Å². The Balaban J connectivity index is 1.83. The Bertz CT molecular complexity index is 594. The van der Waals surface area contributed by atoms with Crippen molar-refractivity contribution in [2.75, 3.05) is 0 Å². The molecule has 0 bridgehead atoms. The average molecular weight is 265 g/mol. The van der Waals surface area contributed by atoms with E-state index in [9.17, 15) is 13.2 Å². The van der Waals surface area contributed by atoms with Crippen LogP contribution in [0.3, 0.4) is 0 Å². The van der Waals surface area contributed by atoms with Gasteiger partial charge < -0.3 is 0 Å². The summed E-state index contributed by atoms with van der Waals surface area (Å²) in [5.74, 6) is 0. The maximum absolute atomic E-state index is 12.9. The molecule has 3 rings (SSSR count). The van der Waals surface area contributed by atoms with Crippen LogP contribution in [0.2, 0.25) is 0 Å². The number of fused-ring (bicyclic) bond motifs is 1. The van der Waals surface area contributed by atoms with Gasteiger partial charge in [-0.15, -0.1) is 0 Å². The maximum atomic E-state index is 12.9. The lowest BCUT2D eigenvalue weighted by molar-refractivity contribution is -0.166. The second-order valence-corrected chi connectivity index (χ2v) is 5.07. The molecule has 0 aromatic heterocycles. The number of rotatable bonds is 3. The van der Waals surface area contributed by atoms with Crippen LogP contribution < -0.4 is 5.32 Å². The first kappa shape index (κ1) is 12.5. The fraction of sp³-hybridized carbons (Fsp3) is 0.333. The Morgan fingerprint density at radius 2 is 1.68 bits per heavy atom. The van der Waals surface area contributed by atoms with E-state index in [1.807, 2.05) is 42.5 Å². The Kier molecular flexibility index (Phi) is 2.78. The van der Waals surface area contributed by atoms with Crippen molar-refractivity contribution in [2.45, 2.75) is 31.1 Å². The van der Waals surface area contributed by atoms with E-state index >= 15 is 0 Å². The molecular weight excluding hydrogens is 251 g/mol. The van der Waals surface area contributed by atoms with Gasteiger partial charge in [0.05, 0.1) is 0 Å². The highest BCUT2D eigenvalue weighted by atomic mass is 19.4. The molecule has 1 fully saturated rings. The van der Waals surface area contributed by atoms with E-state index in [1.54, 1.807) is 0 Å². The zero-order valence-electron chi connectivity index (χ0n) is 10.3. The molecule has 0 spiro atoms. The second-order valence-electron chi connectivity index (χ2n) is 5.07. The Morgan fingerprint density at radius 1 is 1.00 bits per heavy atom. The van der Waals surface area contributed by atoms with Gasteiger partial charge in [-0.1, -0.05) is 42.5 Å². The molecule has 2 aromatic rings. The summed E-state index contributed by atoms with van der Waals surface area (Å²) >= 11 is 0. The highest BCUT2D eigenvalue weighted by Gasteiger charge is 2.62. The first-order valence-electron chi connectivity index (χ1n) is 6.30. The number of hydrogen-bond donors (Lipinski definition) is 1. The van der Waals surface area contributed by atoms with Crippen molar-refractivity contribution in [1.82, 2.24) is 5.32 Å². The fourth-order valence-corrected chi connectivity index (χ4v) is 2.40. The molecule has 1 N–H and O–H groups in total. The summed E-state index contributed by atoms with van der Waals surface area (Å²) in [6.07, 6.45) is -3.79. The van der Waals surface area contributed by atoms with Crippen molar-refractivity contribution >= 4 is 10.8 Å². The van der Waals surface area contributed by atoms with Gasteiger partial charge in [-0.2, -0.15) is 13.2 Å². The van der Waals surface area contributed by atoms with E-state index in [2.05, 4.69) is 5.32 Å². The molecule has 0 heterocycles. The second kappa shape index (κ2) is 4.23. The minimum atomic E-state index is -4.16. The SMILES string of the molecule is FC(F)(F)C1(NCc2cccc3ccccc23)CC1. The lowest BCUT2D eigenvalue weighted by Crippen LogP contribution is -2.44. The van der Waals surface area contributed by atoms with E-state index in [0.29, 0.717) is 0 Å². The van der Waals surface area contributed by atoms with Crippen LogP contribution in [0.5, 0.6) is 0 Å². The molecule has 0 atom stereocenters. The van der Waals surface area contributed by atoms with Crippen LogP contribution in [-0.4, -0.2) is 11.7 Å². The summed E-state index contributed by atoms with van der Waals surface area (Å²) in [4.78, 5) is 0. The van der Waals surface area contributed by atoms with Gasteiger partial charge in [-0.05, 0) is 29.2 Å². The Morgan fingerprint density at radius 3 is 2.37 bits per heavy atom. The summed E-state index contributed by atoms with van der Waals surface area (Å²) in [5, 5.41) is 4.76. The molecule has 19 heavy (non-hydrogen) atoms. The number of alkyl halides is 3. The van der Waals surface area contributed by atoms with E-state index in [0.717, 1.165) is 16.3 Å². The first-order chi connectivity index (χ1) is 9.02. The molecule has 1 aliphatic rings. The zero-order chi connectivity index (χ0) is 13.5. The molecule has 0 amide bonds. The van der Waals surface area contributed by atoms with Gasteiger partial charge in [0.1, 0.15) is 5.54 Å². The van der Waals surface area contributed by atoms with Gasteiger partial charge in [0, 0.05) is 6.54 Å².